The summed E-state index contributed by atoms with van der Waals surface area (Å²) in [4.78, 5) is 48.9. The van der Waals surface area contributed by atoms with Gasteiger partial charge >= 0.3 is 0 Å². The number of fused-ring (bicyclic) bond motifs is 5. The molecule has 3 fully saturated rings. The molecule has 1 aromatic carbocycles. The minimum Gasteiger partial charge on any atom is -0.361 e. The molecule has 7 rings (SSSR count). The van der Waals surface area contributed by atoms with Gasteiger partial charge in [-0.1, -0.05) is 25.1 Å². The molecule has 3 N–H and O–H groups in total. The van der Waals surface area contributed by atoms with Crippen LogP contribution >= 0.6 is 0 Å². The highest BCUT2D eigenvalue weighted by molar-refractivity contribution is 6.00. The third kappa shape index (κ3) is 3.02. The number of aliphatic hydroxyl groups is 1. The average molecular weight is 520 g/mol. The molecule has 1 aliphatic carbocycles. The Hall–Kier alpha value is -3.21. The number of rotatable bonds is 3. The predicted octanol–water partition coefficient (Wildman–Crippen LogP) is 1.16. The van der Waals surface area contributed by atoms with E-state index in [1.165, 1.54) is 22.8 Å². The number of hydrogen-bond donors (Lipinski definition) is 3. The lowest BCUT2D eigenvalue weighted by Crippen LogP contribution is -2.71. The van der Waals surface area contributed by atoms with Crippen molar-refractivity contribution >= 4 is 34.2 Å². The molecule has 6 unspecified atom stereocenters. The van der Waals surface area contributed by atoms with E-state index in [4.69, 9.17) is 4.74 Å². The Labute approximate surface area is 220 Å². The summed E-state index contributed by atoms with van der Waals surface area (Å²) in [5.74, 6) is -3.60. The van der Waals surface area contributed by atoms with Gasteiger partial charge in [-0.25, -0.2) is 0 Å². The number of nitrogens with zero attached hydrogens (tertiary/aromatic N) is 3. The molecule has 200 valence electrons. The molecule has 10 nitrogen and oxygen atoms in total. The number of nitrogens with one attached hydrogen (secondary N) is 2. The number of aromatic nitrogens is 1. The van der Waals surface area contributed by atoms with Crippen LogP contribution in [-0.2, 0) is 25.5 Å². The Balaban J connectivity index is 1.20. The van der Waals surface area contributed by atoms with Crippen LogP contribution in [-0.4, -0.2) is 92.4 Å². The maximum Gasteiger partial charge on any atom is 0.280 e. The van der Waals surface area contributed by atoms with Crippen LogP contribution < -0.4 is 5.32 Å². The second-order valence-electron chi connectivity index (χ2n) is 11.5. The fourth-order valence-corrected chi connectivity index (χ4v) is 7.46. The monoisotopic (exact) mass is 519 g/mol. The highest BCUT2D eigenvalue weighted by Crippen LogP contribution is 2.46. The second-order valence-corrected chi connectivity index (χ2v) is 11.5. The van der Waals surface area contributed by atoms with Gasteiger partial charge in [0.15, 0.2) is 0 Å². The molecular formula is C28H33N5O5. The van der Waals surface area contributed by atoms with E-state index in [1.54, 1.807) is 4.90 Å². The van der Waals surface area contributed by atoms with Crippen molar-refractivity contribution in [2.24, 2.45) is 5.92 Å². The molecule has 0 radical (unpaired) electrons. The predicted molar refractivity (Wildman–Crippen MR) is 138 cm³/mol. The van der Waals surface area contributed by atoms with Crippen molar-refractivity contribution in [3.05, 3.63) is 41.6 Å². The van der Waals surface area contributed by atoms with Gasteiger partial charge in [-0.15, -0.1) is 0 Å². The fraction of sp³-hybridized carbons (Fsp3) is 0.536. The molecule has 1 aromatic heterocycles. The van der Waals surface area contributed by atoms with Crippen molar-refractivity contribution in [2.45, 2.75) is 69.3 Å². The molecule has 6 atom stereocenters. The Morgan fingerprint density at radius 1 is 1.32 bits per heavy atom. The van der Waals surface area contributed by atoms with E-state index in [0.717, 1.165) is 29.5 Å². The first kappa shape index (κ1) is 23.9. The van der Waals surface area contributed by atoms with E-state index in [2.05, 4.69) is 33.5 Å². The van der Waals surface area contributed by atoms with Gasteiger partial charge in [0.05, 0.1) is 5.92 Å². The van der Waals surface area contributed by atoms with Gasteiger partial charge in [0.25, 0.3) is 11.8 Å². The Kier molecular flexibility index (Phi) is 4.97. The summed E-state index contributed by atoms with van der Waals surface area (Å²) in [7, 11) is 2.02. The van der Waals surface area contributed by atoms with Crippen molar-refractivity contribution < 1.29 is 24.2 Å². The number of aromatic amines is 1. The number of likely N-dealkylation sites (N-methyl/N-ethyl adjacent to an activating group) is 1. The topological polar surface area (TPSA) is 118 Å². The standard InChI is InChI=1S/C28H33N5O5/c1-4-20-25(35)32-10-6-9-22(32)28(37)33(20)26(36)27(2,38-28)30-24(34)16-11-18-17-7-5-8-19-23(17)15(13-29-19)12-21(18)31(3)14-16/h5,7-8,11,13,16,20-22,29,37H,4,6,9-10,12,14H2,1-3H3,(H,30,34). The van der Waals surface area contributed by atoms with E-state index in [0.29, 0.717) is 25.9 Å². The zero-order valence-corrected chi connectivity index (χ0v) is 21.9. The summed E-state index contributed by atoms with van der Waals surface area (Å²) in [5, 5.41) is 15.7. The lowest BCUT2D eigenvalue weighted by Gasteiger charge is -2.48. The van der Waals surface area contributed by atoms with E-state index in [9.17, 15) is 19.5 Å². The van der Waals surface area contributed by atoms with Crippen LogP contribution in [0.4, 0.5) is 0 Å². The normalized spacial score (nSPS) is 36.3. The van der Waals surface area contributed by atoms with Crippen molar-refractivity contribution in [2.75, 3.05) is 20.1 Å². The van der Waals surface area contributed by atoms with Crippen LogP contribution in [0.5, 0.6) is 0 Å². The largest absolute Gasteiger partial charge is 0.361 e. The molecular weight excluding hydrogens is 486 g/mol. The maximum atomic E-state index is 13.7. The number of carbonyl (C=O) groups is 3. The molecule has 10 heteroatoms. The third-order valence-corrected chi connectivity index (χ3v) is 9.25. The number of carbonyl (C=O) groups excluding carboxylic acids is 3. The van der Waals surface area contributed by atoms with E-state index in [1.807, 2.05) is 26.1 Å². The second kappa shape index (κ2) is 7.91. The highest BCUT2D eigenvalue weighted by atomic mass is 16.7. The molecule has 0 bridgehead atoms. The first-order chi connectivity index (χ1) is 18.2. The fourth-order valence-electron chi connectivity index (χ4n) is 7.46. The van der Waals surface area contributed by atoms with Crippen LogP contribution in [0.2, 0.25) is 0 Å². The summed E-state index contributed by atoms with van der Waals surface area (Å²) in [6.45, 7) is 4.30. The van der Waals surface area contributed by atoms with Crippen molar-refractivity contribution in [3.8, 4) is 0 Å². The molecule has 2 aromatic rings. The van der Waals surface area contributed by atoms with Crippen molar-refractivity contribution in [3.63, 3.8) is 0 Å². The summed E-state index contributed by atoms with van der Waals surface area (Å²) in [6, 6.07) is 4.85. The third-order valence-electron chi connectivity index (χ3n) is 9.25. The van der Waals surface area contributed by atoms with E-state index in [-0.39, 0.29) is 17.9 Å². The average Bonchev–Trinajstić information content (AvgIpc) is 3.59. The lowest BCUT2D eigenvalue weighted by molar-refractivity contribution is -0.315. The number of hydrogen-bond acceptors (Lipinski definition) is 6. The van der Waals surface area contributed by atoms with Crippen molar-refractivity contribution in [1.82, 2.24) is 25.0 Å². The van der Waals surface area contributed by atoms with Crippen LogP contribution in [0.15, 0.2) is 30.5 Å². The highest BCUT2D eigenvalue weighted by Gasteiger charge is 2.69. The minimum atomic E-state index is -1.97. The number of benzene rings is 1. The summed E-state index contributed by atoms with van der Waals surface area (Å²) >= 11 is 0. The molecule has 3 saturated heterocycles. The van der Waals surface area contributed by atoms with Gasteiger partial charge in [-0.2, -0.15) is 0 Å². The van der Waals surface area contributed by atoms with Gasteiger partial charge in [-0.05, 0) is 62.4 Å². The molecule has 5 heterocycles. The quantitative estimate of drug-likeness (QED) is 0.560. The number of H-pyrrole nitrogens is 1. The zero-order valence-electron chi connectivity index (χ0n) is 21.9. The van der Waals surface area contributed by atoms with Crippen molar-refractivity contribution in [1.29, 1.82) is 0 Å². The molecule has 0 saturated carbocycles. The van der Waals surface area contributed by atoms with Crippen LogP contribution in [0.3, 0.4) is 0 Å². The van der Waals surface area contributed by atoms with Crippen LogP contribution in [0.1, 0.15) is 44.2 Å². The molecule has 5 aliphatic rings. The van der Waals surface area contributed by atoms with Gasteiger partial charge in [-0.3, -0.25) is 28.9 Å². The Morgan fingerprint density at radius 2 is 2.13 bits per heavy atom. The van der Waals surface area contributed by atoms with E-state index < -0.39 is 35.5 Å². The molecule has 38 heavy (non-hydrogen) atoms. The summed E-state index contributed by atoms with van der Waals surface area (Å²) < 4.78 is 6.09. The van der Waals surface area contributed by atoms with Crippen LogP contribution in [0.25, 0.3) is 16.5 Å². The van der Waals surface area contributed by atoms with Gasteiger partial charge in [0.1, 0.15) is 12.1 Å². The first-order valence-electron chi connectivity index (χ1n) is 13.6. The van der Waals surface area contributed by atoms with Gasteiger partial charge < -0.3 is 20.3 Å². The molecule has 3 amide bonds. The lowest BCUT2D eigenvalue weighted by atomic mass is 9.79. The zero-order chi connectivity index (χ0) is 26.6. The Morgan fingerprint density at radius 3 is 2.92 bits per heavy atom. The number of ether oxygens (including phenoxy) is 1. The Bertz CT molecular complexity index is 1420. The summed E-state index contributed by atoms with van der Waals surface area (Å²) in [5.41, 5.74) is 2.79. The SMILES string of the molecule is CCC1C(=O)N2CCCC2C2(O)OC(C)(NC(=O)C3C=C4c5cccc6[nH]cc(c56)CC4N(C)C3)C(=O)N12. The van der Waals surface area contributed by atoms with E-state index >= 15 is 0 Å². The van der Waals surface area contributed by atoms with Gasteiger partial charge in [0, 0.05) is 36.2 Å². The smallest absolute Gasteiger partial charge is 0.280 e. The minimum absolute atomic E-state index is 0.160. The van der Waals surface area contributed by atoms with Gasteiger partial charge in [0.2, 0.25) is 17.5 Å². The molecule has 4 aliphatic heterocycles. The summed E-state index contributed by atoms with van der Waals surface area (Å²) in [6.07, 6.45) is 6.55. The van der Waals surface area contributed by atoms with Crippen LogP contribution in [0, 0.1) is 5.92 Å². The number of amides is 3. The maximum absolute atomic E-state index is 13.7. The molecule has 0 spiro atoms. The number of piperazine rings is 1. The first-order valence-corrected chi connectivity index (χ1v) is 13.6.